The summed E-state index contributed by atoms with van der Waals surface area (Å²) in [5, 5.41) is 2.18. The van der Waals surface area contributed by atoms with E-state index in [1.54, 1.807) is 4.90 Å². The van der Waals surface area contributed by atoms with Crippen molar-refractivity contribution in [2.75, 3.05) is 19.6 Å². The number of nitrogens with one attached hydrogen (secondary N) is 1. The Morgan fingerprint density at radius 1 is 0.914 bits per heavy atom. The molecule has 2 fully saturated rings. The van der Waals surface area contributed by atoms with E-state index in [9.17, 15) is 27.2 Å². The predicted molar refractivity (Wildman–Crippen MR) is 124 cm³/mol. The van der Waals surface area contributed by atoms with E-state index in [1.807, 2.05) is 6.07 Å². The van der Waals surface area contributed by atoms with E-state index < -0.39 is 35.6 Å². The number of likely N-dealkylation sites (tertiary alicyclic amines) is 1. The molecule has 1 heterocycles. The maximum absolute atomic E-state index is 14.0. The maximum Gasteiger partial charge on any atom is 0.417 e. The van der Waals surface area contributed by atoms with Crippen LogP contribution in [0.1, 0.15) is 65.9 Å². The van der Waals surface area contributed by atoms with Crippen LogP contribution in [0.4, 0.5) is 17.6 Å². The highest BCUT2D eigenvalue weighted by Gasteiger charge is 2.37. The minimum atomic E-state index is -4.87. The lowest BCUT2D eigenvalue weighted by Gasteiger charge is -2.30. The Morgan fingerprint density at radius 3 is 2.31 bits per heavy atom. The highest BCUT2D eigenvalue weighted by Crippen LogP contribution is 2.39. The number of rotatable bonds is 6. The van der Waals surface area contributed by atoms with Crippen LogP contribution in [-0.2, 0) is 11.0 Å². The minimum absolute atomic E-state index is 0.362. The van der Waals surface area contributed by atoms with E-state index in [0.717, 1.165) is 25.0 Å². The number of nitrogens with zero attached hydrogens (tertiary/aromatic N) is 1. The van der Waals surface area contributed by atoms with Gasteiger partial charge >= 0.3 is 6.18 Å². The first kappa shape index (κ1) is 25.2. The normalized spacial score (nSPS) is 22.7. The Hall–Kier alpha value is -2.90. The zero-order valence-corrected chi connectivity index (χ0v) is 19.5. The van der Waals surface area contributed by atoms with Crippen molar-refractivity contribution in [3.63, 3.8) is 0 Å². The summed E-state index contributed by atoms with van der Waals surface area (Å²) in [7, 11) is 0. The topological polar surface area (TPSA) is 49.4 Å². The molecule has 0 spiro atoms. The fourth-order valence-electron chi connectivity index (χ4n) is 5.53. The zero-order valence-electron chi connectivity index (χ0n) is 19.5. The van der Waals surface area contributed by atoms with Crippen molar-refractivity contribution in [3.05, 3.63) is 71.0 Å². The Morgan fingerprint density at radius 2 is 1.63 bits per heavy atom. The molecule has 0 bridgehead atoms. The standard InChI is InChI=1S/C27H30F4N2O2/c28-23-8-4-7-22(27(29,30)31)25(23)26(35)32-16-24(34)33-14-13-19(17-33)15-18-9-11-21(12-10-18)20-5-2-1-3-6-20/h1-8,18-19,21H,9-17H2,(H,32,35). The molecular formula is C27H30F4N2O2. The molecular weight excluding hydrogens is 460 g/mol. The van der Waals surface area contributed by atoms with Gasteiger partial charge in [-0.2, -0.15) is 13.2 Å². The molecule has 1 atom stereocenters. The monoisotopic (exact) mass is 490 g/mol. The number of carbonyl (C=O) groups excluding carboxylic acids is 2. The SMILES string of the molecule is O=C(NCC(=O)N1CCC(CC2CCC(c3ccccc3)CC2)C1)c1c(F)cccc1C(F)(F)F. The average Bonchev–Trinajstić information content (AvgIpc) is 3.31. The Bertz CT molecular complexity index is 1030. The molecule has 2 aromatic rings. The number of alkyl halides is 3. The van der Waals surface area contributed by atoms with Crippen LogP contribution in [0, 0.1) is 17.7 Å². The van der Waals surface area contributed by atoms with Crippen LogP contribution in [-0.4, -0.2) is 36.3 Å². The van der Waals surface area contributed by atoms with Crippen LogP contribution >= 0.6 is 0 Å². The fourth-order valence-corrected chi connectivity index (χ4v) is 5.53. The largest absolute Gasteiger partial charge is 0.417 e. The summed E-state index contributed by atoms with van der Waals surface area (Å²) in [6.07, 6.45) is 1.75. The van der Waals surface area contributed by atoms with Crippen LogP contribution < -0.4 is 5.32 Å². The quantitative estimate of drug-likeness (QED) is 0.522. The fraction of sp³-hybridized carbons (Fsp3) is 0.481. The van der Waals surface area contributed by atoms with Crippen molar-refractivity contribution in [3.8, 4) is 0 Å². The van der Waals surface area contributed by atoms with Crippen molar-refractivity contribution in [1.29, 1.82) is 0 Å². The first-order chi connectivity index (χ1) is 16.7. The van der Waals surface area contributed by atoms with Crippen LogP contribution in [0.5, 0.6) is 0 Å². The lowest BCUT2D eigenvalue weighted by atomic mass is 9.75. The molecule has 0 radical (unpaired) electrons. The zero-order chi connectivity index (χ0) is 25.0. The summed E-state index contributed by atoms with van der Waals surface area (Å²) in [5.74, 6) is -1.24. The lowest BCUT2D eigenvalue weighted by molar-refractivity contribution is -0.138. The van der Waals surface area contributed by atoms with Crippen molar-refractivity contribution in [2.24, 2.45) is 11.8 Å². The molecule has 1 aliphatic carbocycles. The third kappa shape index (κ3) is 6.21. The van der Waals surface area contributed by atoms with Crippen molar-refractivity contribution in [1.82, 2.24) is 10.2 Å². The van der Waals surface area contributed by atoms with Crippen molar-refractivity contribution < 1.29 is 27.2 Å². The molecule has 4 rings (SSSR count). The molecule has 8 heteroatoms. The highest BCUT2D eigenvalue weighted by molar-refractivity contribution is 5.98. The number of hydrogen-bond acceptors (Lipinski definition) is 2. The number of hydrogen-bond donors (Lipinski definition) is 1. The second kappa shape index (κ2) is 10.8. The van der Waals surface area contributed by atoms with E-state index in [0.29, 0.717) is 36.9 Å². The molecule has 1 saturated heterocycles. The lowest BCUT2D eigenvalue weighted by Crippen LogP contribution is -2.39. The van der Waals surface area contributed by atoms with Crippen molar-refractivity contribution in [2.45, 2.75) is 50.6 Å². The van der Waals surface area contributed by atoms with E-state index in [4.69, 9.17) is 0 Å². The molecule has 2 amide bonds. The van der Waals surface area contributed by atoms with Gasteiger partial charge in [-0.15, -0.1) is 0 Å². The second-order valence-electron chi connectivity index (χ2n) is 9.70. The summed E-state index contributed by atoms with van der Waals surface area (Å²) >= 11 is 0. The van der Waals surface area contributed by atoms with Gasteiger partial charge in [0.1, 0.15) is 5.82 Å². The van der Waals surface area contributed by atoms with Gasteiger partial charge in [0.25, 0.3) is 5.91 Å². The van der Waals surface area contributed by atoms with Gasteiger partial charge in [-0.05, 0) is 74.0 Å². The number of amides is 2. The summed E-state index contributed by atoms with van der Waals surface area (Å²) in [5.41, 5.74) is -1.03. The smallest absolute Gasteiger partial charge is 0.343 e. The first-order valence-electron chi connectivity index (χ1n) is 12.2. The summed E-state index contributed by atoms with van der Waals surface area (Å²) in [6.45, 7) is 0.687. The van der Waals surface area contributed by atoms with E-state index in [1.165, 1.54) is 31.2 Å². The first-order valence-corrected chi connectivity index (χ1v) is 12.2. The number of halogens is 4. The molecule has 1 saturated carbocycles. The van der Waals surface area contributed by atoms with Crippen LogP contribution in [0.3, 0.4) is 0 Å². The van der Waals surface area contributed by atoms with Gasteiger partial charge in [-0.25, -0.2) is 4.39 Å². The average molecular weight is 491 g/mol. The van der Waals surface area contributed by atoms with E-state index in [2.05, 4.69) is 29.6 Å². The molecule has 1 N–H and O–H groups in total. The minimum Gasteiger partial charge on any atom is -0.343 e. The molecule has 1 unspecified atom stereocenters. The van der Waals surface area contributed by atoms with Gasteiger partial charge in [-0.1, -0.05) is 36.4 Å². The maximum atomic E-state index is 14.0. The highest BCUT2D eigenvalue weighted by atomic mass is 19.4. The predicted octanol–water partition coefficient (Wildman–Crippen LogP) is 5.79. The summed E-state index contributed by atoms with van der Waals surface area (Å²) < 4.78 is 53.5. The van der Waals surface area contributed by atoms with E-state index in [-0.39, 0.29) is 5.91 Å². The van der Waals surface area contributed by atoms with Gasteiger partial charge in [0.05, 0.1) is 17.7 Å². The van der Waals surface area contributed by atoms with Gasteiger partial charge in [-0.3, -0.25) is 9.59 Å². The molecule has 4 nitrogen and oxygen atoms in total. The Labute approximate surface area is 202 Å². The van der Waals surface area contributed by atoms with Gasteiger partial charge < -0.3 is 10.2 Å². The van der Waals surface area contributed by atoms with Crippen LogP contribution in [0.15, 0.2) is 48.5 Å². The molecule has 2 aromatic carbocycles. The molecule has 0 aromatic heterocycles. The van der Waals surface area contributed by atoms with Crippen LogP contribution in [0.25, 0.3) is 0 Å². The van der Waals surface area contributed by atoms with Gasteiger partial charge in [0, 0.05) is 13.1 Å². The Balaban J connectivity index is 1.24. The second-order valence-corrected chi connectivity index (χ2v) is 9.70. The van der Waals surface area contributed by atoms with Gasteiger partial charge in [0.15, 0.2) is 0 Å². The third-order valence-corrected chi connectivity index (χ3v) is 7.37. The van der Waals surface area contributed by atoms with Crippen LogP contribution in [0.2, 0.25) is 0 Å². The summed E-state index contributed by atoms with van der Waals surface area (Å²) in [6, 6.07) is 12.9. The molecule has 2 aliphatic rings. The molecule has 1 aliphatic heterocycles. The third-order valence-electron chi connectivity index (χ3n) is 7.37. The number of benzene rings is 2. The van der Waals surface area contributed by atoms with Crippen molar-refractivity contribution >= 4 is 11.8 Å². The number of carbonyl (C=O) groups is 2. The summed E-state index contributed by atoms with van der Waals surface area (Å²) in [4.78, 5) is 26.5. The van der Waals surface area contributed by atoms with E-state index >= 15 is 0 Å². The molecule has 188 valence electrons. The van der Waals surface area contributed by atoms with Gasteiger partial charge in [0.2, 0.25) is 5.91 Å². The Kier molecular flexibility index (Phi) is 7.77. The molecule has 35 heavy (non-hydrogen) atoms.